The molecule has 0 spiro atoms. The fraction of sp³-hybridized carbons (Fsp3) is 0.455. The highest BCUT2D eigenvalue weighted by Crippen LogP contribution is 2.28. The first-order valence-corrected chi connectivity index (χ1v) is 12.5. The normalized spacial score (nSPS) is 14.8. The zero-order chi connectivity index (χ0) is 24.2. The van der Waals surface area contributed by atoms with Crippen molar-refractivity contribution in [3.63, 3.8) is 0 Å². The summed E-state index contributed by atoms with van der Waals surface area (Å²) in [5, 5.41) is 0. The van der Waals surface area contributed by atoms with Gasteiger partial charge in [-0.05, 0) is 38.1 Å². The number of likely N-dealkylation sites (tertiary alicyclic amines) is 1. The highest BCUT2D eigenvalue weighted by molar-refractivity contribution is 7.90. The first-order valence-electron chi connectivity index (χ1n) is 10.6. The van der Waals surface area contributed by atoms with Crippen LogP contribution >= 0.6 is 0 Å². The number of carbonyl (C=O) groups is 2. The molecule has 178 valence electrons. The summed E-state index contributed by atoms with van der Waals surface area (Å²) in [6.07, 6.45) is 3.03. The molecule has 1 aromatic carbocycles. The van der Waals surface area contributed by atoms with Crippen LogP contribution in [0.25, 0.3) is 0 Å². The van der Waals surface area contributed by atoms with Crippen molar-refractivity contribution in [1.82, 2.24) is 14.9 Å². The number of aromatic nitrogens is 2. The van der Waals surface area contributed by atoms with Crippen molar-refractivity contribution in [3.8, 4) is 5.88 Å². The molecule has 0 radical (unpaired) electrons. The van der Waals surface area contributed by atoms with Gasteiger partial charge in [0.05, 0.1) is 16.7 Å². The van der Waals surface area contributed by atoms with E-state index < -0.39 is 9.84 Å². The Balaban J connectivity index is 1.70. The lowest BCUT2D eigenvalue weighted by Crippen LogP contribution is -2.42. The van der Waals surface area contributed by atoms with Gasteiger partial charge in [0.2, 0.25) is 11.8 Å². The number of anilines is 2. The van der Waals surface area contributed by atoms with Crippen LogP contribution in [0.2, 0.25) is 0 Å². The predicted octanol–water partition coefficient (Wildman–Crippen LogP) is 2.95. The van der Waals surface area contributed by atoms with Crippen LogP contribution in [-0.2, 0) is 19.4 Å². The standard InChI is InChI=1S/C22H28N4O6S/c1-15(2)31-22(28)25-11-9-18(10-12-25)32-21-13-20(23-14-24-21)26(16(3)27)17-5-7-19(8-6-17)33(4,29)30/h5-8,13-15,18H,9-12H2,1-4H3. The molecule has 11 heteroatoms. The summed E-state index contributed by atoms with van der Waals surface area (Å²) in [5.41, 5.74) is 0.469. The zero-order valence-corrected chi connectivity index (χ0v) is 19.9. The number of sulfone groups is 1. The lowest BCUT2D eigenvalue weighted by atomic mass is 10.1. The molecule has 3 rings (SSSR count). The average Bonchev–Trinajstić information content (AvgIpc) is 2.74. The van der Waals surface area contributed by atoms with Crippen LogP contribution < -0.4 is 9.64 Å². The molecule has 2 amide bonds. The number of ether oxygens (including phenoxy) is 2. The Bertz CT molecular complexity index is 1100. The van der Waals surface area contributed by atoms with Gasteiger partial charge in [0.25, 0.3) is 0 Å². The van der Waals surface area contributed by atoms with Gasteiger partial charge in [0, 0.05) is 45.2 Å². The molecule has 0 aliphatic carbocycles. The largest absolute Gasteiger partial charge is 0.474 e. The van der Waals surface area contributed by atoms with Gasteiger partial charge in [-0.25, -0.2) is 23.2 Å². The SMILES string of the molecule is CC(=O)N(c1ccc(S(C)(=O)=O)cc1)c1cc(OC2CCN(C(=O)OC(C)C)CC2)ncn1. The van der Waals surface area contributed by atoms with E-state index in [9.17, 15) is 18.0 Å². The lowest BCUT2D eigenvalue weighted by Gasteiger charge is -2.31. The molecule has 2 aromatic rings. The third-order valence-corrected chi connectivity index (χ3v) is 6.15. The second-order valence-corrected chi connectivity index (χ2v) is 10.1. The molecule has 0 N–H and O–H groups in total. The van der Waals surface area contributed by atoms with Gasteiger partial charge in [-0.15, -0.1) is 0 Å². The van der Waals surface area contributed by atoms with Gasteiger partial charge < -0.3 is 14.4 Å². The number of hydrogen-bond donors (Lipinski definition) is 0. The van der Waals surface area contributed by atoms with Gasteiger partial charge >= 0.3 is 6.09 Å². The Hall–Kier alpha value is -3.21. The zero-order valence-electron chi connectivity index (χ0n) is 19.1. The van der Waals surface area contributed by atoms with Gasteiger partial charge in [0.1, 0.15) is 18.2 Å². The van der Waals surface area contributed by atoms with Crippen LogP contribution in [0.1, 0.15) is 33.6 Å². The summed E-state index contributed by atoms with van der Waals surface area (Å²) in [5.74, 6) is 0.309. The second-order valence-electron chi connectivity index (χ2n) is 8.07. The molecule has 2 heterocycles. The number of carbonyl (C=O) groups excluding carboxylic acids is 2. The van der Waals surface area contributed by atoms with E-state index >= 15 is 0 Å². The molecule has 1 aliphatic rings. The van der Waals surface area contributed by atoms with Gasteiger partial charge in [-0.2, -0.15) is 0 Å². The maximum atomic E-state index is 12.4. The van der Waals surface area contributed by atoms with Crippen molar-refractivity contribution in [3.05, 3.63) is 36.7 Å². The van der Waals surface area contributed by atoms with E-state index in [2.05, 4.69) is 9.97 Å². The van der Waals surface area contributed by atoms with Crippen LogP contribution in [0.5, 0.6) is 5.88 Å². The third-order valence-electron chi connectivity index (χ3n) is 5.02. The van der Waals surface area contributed by atoms with Crippen molar-refractivity contribution < 1.29 is 27.5 Å². The van der Waals surface area contributed by atoms with E-state index in [-0.39, 0.29) is 29.1 Å². The number of benzene rings is 1. The molecule has 0 bridgehead atoms. The van der Waals surface area contributed by atoms with Gasteiger partial charge in [0.15, 0.2) is 9.84 Å². The molecular weight excluding hydrogens is 448 g/mol. The van der Waals surface area contributed by atoms with Crippen LogP contribution in [0.15, 0.2) is 41.6 Å². The number of piperidine rings is 1. The van der Waals surface area contributed by atoms with Crippen molar-refractivity contribution >= 4 is 33.3 Å². The number of hydrogen-bond acceptors (Lipinski definition) is 8. The van der Waals surface area contributed by atoms with E-state index in [0.717, 1.165) is 6.26 Å². The molecular formula is C22H28N4O6S. The maximum Gasteiger partial charge on any atom is 0.410 e. The Kier molecular flexibility index (Phi) is 7.52. The number of nitrogens with zero attached hydrogens (tertiary/aromatic N) is 4. The lowest BCUT2D eigenvalue weighted by molar-refractivity contribution is -0.115. The quantitative estimate of drug-likeness (QED) is 0.624. The summed E-state index contributed by atoms with van der Waals surface area (Å²) >= 11 is 0. The molecule has 10 nitrogen and oxygen atoms in total. The monoisotopic (exact) mass is 476 g/mol. The molecule has 1 saturated heterocycles. The summed E-state index contributed by atoms with van der Waals surface area (Å²) in [7, 11) is -3.35. The Morgan fingerprint density at radius 2 is 1.76 bits per heavy atom. The summed E-state index contributed by atoms with van der Waals surface area (Å²) in [4.78, 5) is 35.9. The van der Waals surface area contributed by atoms with Crippen LogP contribution in [0.4, 0.5) is 16.3 Å². The molecule has 1 fully saturated rings. The molecule has 0 unspecified atom stereocenters. The van der Waals surface area contributed by atoms with Crippen molar-refractivity contribution in [2.45, 2.75) is 50.7 Å². The van der Waals surface area contributed by atoms with E-state index in [1.54, 1.807) is 23.1 Å². The Morgan fingerprint density at radius 3 is 2.30 bits per heavy atom. The van der Waals surface area contributed by atoms with Crippen LogP contribution in [0.3, 0.4) is 0 Å². The summed E-state index contributed by atoms with van der Waals surface area (Å²) in [6.45, 7) is 6.04. The van der Waals surface area contributed by atoms with Crippen LogP contribution in [0, 0.1) is 0 Å². The van der Waals surface area contributed by atoms with Crippen LogP contribution in [-0.4, -0.2) is 66.8 Å². The van der Waals surface area contributed by atoms with E-state index in [4.69, 9.17) is 9.47 Å². The Morgan fingerprint density at radius 1 is 1.12 bits per heavy atom. The Labute approximate surface area is 193 Å². The fourth-order valence-electron chi connectivity index (χ4n) is 3.44. The maximum absolute atomic E-state index is 12.4. The number of amides is 2. The summed E-state index contributed by atoms with van der Waals surface area (Å²) < 4.78 is 34.6. The van der Waals surface area contributed by atoms with Crippen molar-refractivity contribution in [2.75, 3.05) is 24.2 Å². The molecule has 0 saturated carbocycles. The molecule has 1 aliphatic heterocycles. The van der Waals surface area contributed by atoms with E-state index in [1.807, 2.05) is 13.8 Å². The number of rotatable bonds is 6. The fourth-order valence-corrected chi connectivity index (χ4v) is 4.07. The van der Waals surface area contributed by atoms with E-state index in [1.165, 1.54) is 30.3 Å². The van der Waals surface area contributed by atoms with Crippen molar-refractivity contribution in [2.24, 2.45) is 0 Å². The predicted molar refractivity (Wildman–Crippen MR) is 121 cm³/mol. The topological polar surface area (TPSA) is 119 Å². The highest BCUT2D eigenvalue weighted by atomic mass is 32.2. The smallest absolute Gasteiger partial charge is 0.410 e. The minimum atomic E-state index is -3.35. The molecule has 33 heavy (non-hydrogen) atoms. The first-order chi connectivity index (χ1) is 15.5. The van der Waals surface area contributed by atoms with Crippen molar-refractivity contribution in [1.29, 1.82) is 0 Å². The minimum Gasteiger partial charge on any atom is -0.474 e. The molecule has 1 aromatic heterocycles. The molecule has 0 atom stereocenters. The third kappa shape index (κ3) is 6.41. The van der Waals surface area contributed by atoms with Gasteiger partial charge in [-0.3, -0.25) is 9.69 Å². The highest BCUT2D eigenvalue weighted by Gasteiger charge is 2.26. The average molecular weight is 477 g/mol. The first kappa shape index (κ1) is 24.4. The second kappa shape index (κ2) is 10.2. The van der Waals surface area contributed by atoms with Gasteiger partial charge in [-0.1, -0.05) is 0 Å². The van der Waals surface area contributed by atoms with E-state index in [0.29, 0.717) is 43.3 Å². The summed E-state index contributed by atoms with van der Waals surface area (Å²) in [6, 6.07) is 7.54. The minimum absolute atomic E-state index is 0.143.